The van der Waals surface area contributed by atoms with Gasteiger partial charge in [0.05, 0.1) is 34.7 Å². The van der Waals surface area contributed by atoms with Crippen molar-refractivity contribution in [3.05, 3.63) is 91.8 Å². The summed E-state index contributed by atoms with van der Waals surface area (Å²) in [6.07, 6.45) is 8.07. The molecule has 0 aromatic heterocycles. The van der Waals surface area contributed by atoms with Gasteiger partial charge in [-0.1, -0.05) is 50.7 Å². The molecule has 10 nitrogen and oxygen atoms in total. The van der Waals surface area contributed by atoms with Crippen molar-refractivity contribution in [1.29, 1.82) is 0 Å². The number of imide groups is 2. The van der Waals surface area contributed by atoms with E-state index in [1.807, 2.05) is 28.7 Å². The number of hydroxylamine groups is 1. The van der Waals surface area contributed by atoms with E-state index in [0.29, 0.717) is 27.5 Å². The molecule has 5 amide bonds. The Bertz CT molecular complexity index is 1810. The van der Waals surface area contributed by atoms with E-state index < -0.39 is 58.7 Å². The van der Waals surface area contributed by atoms with Crippen LogP contribution < -0.4 is 16.1 Å². The van der Waals surface area contributed by atoms with Gasteiger partial charge in [0, 0.05) is 9.99 Å². The van der Waals surface area contributed by atoms with Crippen molar-refractivity contribution in [2.75, 3.05) is 11.9 Å². The normalized spacial score (nSPS) is 15.7. The number of amides is 5. The third-order valence-corrected chi connectivity index (χ3v) is 9.36. The summed E-state index contributed by atoms with van der Waals surface area (Å²) < 4.78 is 43.5. The third kappa shape index (κ3) is 8.70. The molecule has 5 rings (SSSR count). The number of fused-ring (bicyclic) bond motifs is 1. The molecule has 1 atom stereocenters. The molecule has 0 bridgehead atoms. The number of hydrogen-bond donors (Lipinski definition) is 3. The molecular formula is C36H36F3IN4O6. The maximum absolute atomic E-state index is 14.6. The molecule has 1 unspecified atom stereocenters. The number of carbonyl (C=O) groups is 5. The standard InChI is InChI=1S/C36H36F3IN4O6/c37-25-15-14-24(32(31(25)39)41-27-16-13-22(40)20-26(27)38)33(46)43-50-19-8-6-4-2-1-3-5-7-10-21-11-9-12-23-30(21)36(49)44(35(23)48)28-17-18-29(45)42-34(28)47/h9,11-16,20,28,41H,1-8,10,17-19H2,(H,43,46)(H,42,45,47). The van der Waals surface area contributed by atoms with Gasteiger partial charge in [-0.05, 0) is 90.2 Å². The first-order valence-electron chi connectivity index (χ1n) is 16.5. The fourth-order valence-electron chi connectivity index (χ4n) is 6.10. The molecule has 264 valence electrons. The van der Waals surface area contributed by atoms with Crippen LogP contribution in [0.25, 0.3) is 0 Å². The Morgan fingerprint density at radius 3 is 2.32 bits per heavy atom. The van der Waals surface area contributed by atoms with Gasteiger partial charge in [-0.2, -0.15) is 0 Å². The van der Waals surface area contributed by atoms with Crippen molar-refractivity contribution in [3.8, 4) is 0 Å². The quantitative estimate of drug-likeness (QED) is 0.0623. The molecule has 0 radical (unpaired) electrons. The Labute approximate surface area is 300 Å². The third-order valence-electron chi connectivity index (χ3n) is 8.69. The summed E-state index contributed by atoms with van der Waals surface area (Å²) in [6.45, 7) is 0.216. The van der Waals surface area contributed by atoms with E-state index in [4.69, 9.17) is 4.84 Å². The van der Waals surface area contributed by atoms with E-state index in [1.165, 1.54) is 12.1 Å². The van der Waals surface area contributed by atoms with Crippen LogP contribution in [0.4, 0.5) is 24.5 Å². The van der Waals surface area contributed by atoms with E-state index in [2.05, 4.69) is 16.1 Å². The Morgan fingerprint density at radius 2 is 1.60 bits per heavy atom. The number of nitrogens with one attached hydrogen (secondary N) is 3. The molecule has 0 saturated carbocycles. The fraction of sp³-hybridized carbons (Fsp3) is 0.361. The second-order valence-electron chi connectivity index (χ2n) is 12.2. The van der Waals surface area contributed by atoms with E-state index in [9.17, 15) is 37.1 Å². The Hall–Kier alpha value is -4.31. The van der Waals surface area contributed by atoms with E-state index >= 15 is 0 Å². The molecule has 3 N–H and O–H groups in total. The monoisotopic (exact) mass is 804 g/mol. The zero-order valence-electron chi connectivity index (χ0n) is 27.1. The van der Waals surface area contributed by atoms with Gasteiger partial charge in [0.1, 0.15) is 11.9 Å². The maximum Gasteiger partial charge on any atom is 0.277 e. The highest BCUT2D eigenvalue weighted by Gasteiger charge is 2.45. The number of carbonyl (C=O) groups excluding carboxylic acids is 5. The first-order valence-corrected chi connectivity index (χ1v) is 17.6. The van der Waals surface area contributed by atoms with Gasteiger partial charge < -0.3 is 5.32 Å². The van der Waals surface area contributed by atoms with E-state index in [-0.39, 0.29) is 30.7 Å². The van der Waals surface area contributed by atoms with Crippen molar-refractivity contribution in [2.24, 2.45) is 0 Å². The number of hydrogen-bond acceptors (Lipinski definition) is 7. The molecule has 50 heavy (non-hydrogen) atoms. The maximum atomic E-state index is 14.6. The number of nitrogens with zero attached hydrogens (tertiary/aromatic N) is 1. The minimum Gasteiger partial charge on any atom is -0.350 e. The zero-order valence-corrected chi connectivity index (χ0v) is 29.2. The Morgan fingerprint density at radius 1 is 0.880 bits per heavy atom. The predicted molar refractivity (Wildman–Crippen MR) is 186 cm³/mol. The molecule has 2 heterocycles. The minimum atomic E-state index is -1.32. The average molecular weight is 805 g/mol. The number of rotatable bonds is 16. The average Bonchev–Trinajstić information content (AvgIpc) is 3.34. The van der Waals surface area contributed by atoms with Crippen LogP contribution in [-0.4, -0.2) is 47.1 Å². The first-order chi connectivity index (χ1) is 24.1. The van der Waals surface area contributed by atoms with E-state index in [1.54, 1.807) is 18.2 Å². The summed E-state index contributed by atoms with van der Waals surface area (Å²) in [6, 6.07) is 10.3. The Kier molecular flexibility index (Phi) is 12.6. The molecule has 3 aromatic rings. The van der Waals surface area contributed by atoms with Crippen LogP contribution in [0, 0.1) is 21.0 Å². The lowest BCUT2D eigenvalue weighted by molar-refractivity contribution is -0.136. The first kappa shape index (κ1) is 37.0. The predicted octanol–water partition coefficient (Wildman–Crippen LogP) is 6.88. The number of piperidine rings is 1. The lowest BCUT2D eigenvalue weighted by Crippen LogP contribution is -2.54. The molecule has 1 fully saturated rings. The number of anilines is 2. The van der Waals surface area contributed by atoms with Crippen molar-refractivity contribution in [3.63, 3.8) is 0 Å². The molecule has 0 spiro atoms. The smallest absolute Gasteiger partial charge is 0.277 e. The van der Waals surface area contributed by atoms with Crippen LogP contribution >= 0.6 is 22.6 Å². The van der Waals surface area contributed by atoms with Crippen molar-refractivity contribution >= 4 is 63.5 Å². The molecular weight excluding hydrogens is 768 g/mol. The highest BCUT2D eigenvalue weighted by molar-refractivity contribution is 14.1. The van der Waals surface area contributed by atoms with Gasteiger partial charge in [-0.15, -0.1) is 0 Å². The largest absolute Gasteiger partial charge is 0.350 e. The summed E-state index contributed by atoms with van der Waals surface area (Å²) >= 11 is 1.92. The highest BCUT2D eigenvalue weighted by Crippen LogP contribution is 2.31. The van der Waals surface area contributed by atoms with Crippen molar-refractivity contribution in [1.82, 2.24) is 15.7 Å². The molecule has 0 aliphatic carbocycles. The summed E-state index contributed by atoms with van der Waals surface area (Å²) in [7, 11) is 0. The topological polar surface area (TPSA) is 134 Å². The van der Waals surface area contributed by atoms with Crippen LogP contribution in [-0.2, 0) is 20.8 Å². The van der Waals surface area contributed by atoms with Gasteiger partial charge in [-0.25, -0.2) is 18.7 Å². The lowest BCUT2D eigenvalue weighted by Gasteiger charge is -2.27. The summed E-state index contributed by atoms with van der Waals surface area (Å²) in [5.41, 5.74) is 2.80. The van der Waals surface area contributed by atoms with Gasteiger partial charge >= 0.3 is 0 Å². The number of unbranched alkanes of at least 4 members (excludes halogenated alkanes) is 7. The minimum absolute atomic E-state index is 0.0734. The van der Waals surface area contributed by atoms with Crippen LogP contribution in [0.2, 0.25) is 0 Å². The van der Waals surface area contributed by atoms with Crippen LogP contribution in [0.1, 0.15) is 101 Å². The van der Waals surface area contributed by atoms with Crippen LogP contribution in [0.3, 0.4) is 0 Å². The van der Waals surface area contributed by atoms with Crippen molar-refractivity contribution < 1.29 is 42.0 Å². The van der Waals surface area contributed by atoms with Gasteiger partial charge in [0.25, 0.3) is 17.7 Å². The van der Waals surface area contributed by atoms with Crippen molar-refractivity contribution in [2.45, 2.75) is 76.7 Å². The number of benzene rings is 3. The molecule has 14 heteroatoms. The molecule has 3 aromatic carbocycles. The summed E-state index contributed by atoms with van der Waals surface area (Å²) in [5, 5.41) is 4.69. The van der Waals surface area contributed by atoms with Gasteiger partial charge in [0.2, 0.25) is 11.8 Å². The zero-order chi connectivity index (χ0) is 35.8. The van der Waals surface area contributed by atoms with Gasteiger partial charge in [0.15, 0.2) is 11.6 Å². The second kappa shape index (κ2) is 17.1. The van der Waals surface area contributed by atoms with Crippen LogP contribution in [0.5, 0.6) is 0 Å². The summed E-state index contributed by atoms with van der Waals surface area (Å²) in [5.74, 6) is -6.03. The fourth-order valence-corrected chi connectivity index (χ4v) is 6.56. The second-order valence-corrected chi connectivity index (χ2v) is 13.4. The molecule has 2 aliphatic rings. The SMILES string of the molecule is O=C1CCC(N2C(=O)c3cccc(CCCCCCCCCCONC(=O)c4ccc(F)c(F)c4Nc4ccc(I)cc4F)c3C2=O)C(=O)N1. The summed E-state index contributed by atoms with van der Waals surface area (Å²) in [4.78, 5) is 69.1. The highest BCUT2D eigenvalue weighted by atomic mass is 127. The molecule has 2 aliphatic heterocycles. The number of halogens is 4. The Balaban J connectivity index is 0.971. The van der Waals surface area contributed by atoms with E-state index in [0.717, 1.165) is 67.5 Å². The molecule has 1 saturated heterocycles. The van der Waals surface area contributed by atoms with Gasteiger partial charge in [-0.3, -0.25) is 39.0 Å². The lowest BCUT2D eigenvalue weighted by atomic mass is 9.97. The number of aryl methyl sites for hydroxylation is 1. The van der Waals surface area contributed by atoms with Crippen LogP contribution in [0.15, 0.2) is 48.5 Å².